The highest BCUT2D eigenvalue weighted by Gasteiger charge is 2.10. The Hall–Kier alpha value is -3.21. The molecule has 0 aliphatic heterocycles. The quantitative estimate of drug-likeness (QED) is 0.486. The molecule has 8 heteroatoms. The van der Waals surface area contributed by atoms with E-state index in [4.69, 9.17) is 10.00 Å². The van der Waals surface area contributed by atoms with Gasteiger partial charge in [-0.3, -0.25) is 15.5 Å². The number of anilines is 1. The lowest BCUT2D eigenvalue weighted by molar-refractivity contribution is 0.0519. The monoisotopic (exact) mass is 284 g/mol. The third kappa shape index (κ3) is 3.63. The van der Waals surface area contributed by atoms with Gasteiger partial charge in [0.05, 0.1) is 6.61 Å². The summed E-state index contributed by atoms with van der Waals surface area (Å²) in [7, 11) is 0. The van der Waals surface area contributed by atoms with Gasteiger partial charge < -0.3 is 4.74 Å². The average molecular weight is 284 g/mol. The standard InChI is InChI=1S/C13H12N6O2/c1-2-21-13(20)10-7-12(18-16-10)19-17-11(8-14)9-5-3-4-6-15-9/h3-7H,2H2,1H3,(H2,16,18,19)/b17-11+. The lowest BCUT2D eigenvalue weighted by atomic mass is 10.2. The fourth-order valence-corrected chi connectivity index (χ4v) is 1.45. The summed E-state index contributed by atoms with van der Waals surface area (Å²) in [6.45, 7) is 1.99. The molecule has 2 heterocycles. The molecule has 0 unspecified atom stereocenters. The van der Waals surface area contributed by atoms with Crippen LogP contribution in [0.25, 0.3) is 0 Å². The first-order chi connectivity index (χ1) is 10.2. The molecular formula is C13H12N6O2. The molecule has 0 aliphatic rings. The van der Waals surface area contributed by atoms with Gasteiger partial charge in [-0.25, -0.2) is 4.79 Å². The van der Waals surface area contributed by atoms with Crippen LogP contribution in [0.15, 0.2) is 35.6 Å². The molecule has 0 aromatic carbocycles. The van der Waals surface area contributed by atoms with Crippen molar-refractivity contribution < 1.29 is 9.53 Å². The van der Waals surface area contributed by atoms with Crippen LogP contribution in [-0.2, 0) is 4.74 Å². The number of hydrogen-bond acceptors (Lipinski definition) is 7. The van der Waals surface area contributed by atoms with E-state index in [1.54, 1.807) is 31.3 Å². The van der Waals surface area contributed by atoms with Crippen molar-refractivity contribution in [2.24, 2.45) is 5.10 Å². The molecule has 2 rings (SSSR count). The summed E-state index contributed by atoms with van der Waals surface area (Å²) in [4.78, 5) is 15.5. The van der Waals surface area contributed by atoms with Crippen molar-refractivity contribution in [1.82, 2.24) is 15.2 Å². The van der Waals surface area contributed by atoms with Crippen LogP contribution in [-0.4, -0.2) is 33.5 Å². The number of carbonyl (C=O) groups is 1. The second kappa shape index (κ2) is 6.81. The molecule has 0 atom stereocenters. The number of hydrogen-bond donors (Lipinski definition) is 2. The van der Waals surface area contributed by atoms with Gasteiger partial charge in [0.15, 0.2) is 11.5 Å². The van der Waals surface area contributed by atoms with Gasteiger partial charge in [0, 0.05) is 12.3 Å². The highest BCUT2D eigenvalue weighted by molar-refractivity contribution is 6.10. The van der Waals surface area contributed by atoms with Gasteiger partial charge in [-0.05, 0) is 19.1 Å². The van der Waals surface area contributed by atoms with Crippen LogP contribution in [0.2, 0.25) is 0 Å². The minimum atomic E-state index is -0.507. The van der Waals surface area contributed by atoms with Crippen LogP contribution in [0.4, 0.5) is 5.82 Å². The molecule has 2 aromatic rings. The summed E-state index contributed by atoms with van der Waals surface area (Å²) in [6, 6.07) is 8.53. The number of pyridine rings is 1. The number of nitrogens with zero attached hydrogens (tertiary/aromatic N) is 4. The predicted octanol–water partition coefficient (Wildman–Crippen LogP) is 1.32. The average Bonchev–Trinajstić information content (AvgIpc) is 2.98. The number of rotatable bonds is 5. The lowest BCUT2D eigenvalue weighted by Gasteiger charge is -1.97. The number of nitrogens with one attached hydrogen (secondary N) is 2. The van der Waals surface area contributed by atoms with Crippen LogP contribution in [0, 0.1) is 11.3 Å². The van der Waals surface area contributed by atoms with E-state index in [0.29, 0.717) is 11.5 Å². The SMILES string of the molecule is CCOC(=O)c1cc(N/N=C(\C#N)c2ccccn2)n[nH]1. The molecule has 0 fully saturated rings. The molecule has 2 N–H and O–H groups in total. The van der Waals surface area contributed by atoms with E-state index >= 15 is 0 Å². The van der Waals surface area contributed by atoms with Gasteiger partial charge in [-0.1, -0.05) is 6.07 Å². The summed E-state index contributed by atoms with van der Waals surface area (Å²) in [5.41, 5.74) is 3.33. The third-order valence-corrected chi connectivity index (χ3v) is 2.37. The Morgan fingerprint density at radius 2 is 2.43 bits per heavy atom. The number of aromatic nitrogens is 3. The molecular weight excluding hydrogens is 272 g/mol. The zero-order valence-corrected chi connectivity index (χ0v) is 11.2. The van der Waals surface area contributed by atoms with Crippen molar-refractivity contribution in [2.45, 2.75) is 6.92 Å². The molecule has 0 bridgehead atoms. The van der Waals surface area contributed by atoms with Gasteiger partial charge >= 0.3 is 5.97 Å². The minimum absolute atomic E-state index is 0.108. The predicted molar refractivity (Wildman–Crippen MR) is 74.6 cm³/mol. The van der Waals surface area contributed by atoms with Gasteiger partial charge in [0.25, 0.3) is 0 Å². The van der Waals surface area contributed by atoms with E-state index in [0.717, 1.165) is 0 Å². The van der Waals surface area contributed by atoms with Crippen LogP contribution in [0.1, 0.15) is 23.1 Å². The van der Waals surface area contributed by atoms with E-state index in [2.05, 4.69) is 25.7 Å². The van der Waals surface area contributed by atoms with E-state index < -0.39 is 5.97 Å². The molecule has 2 aromatic heterocycles. The minimum Gasteiger partial charge on any atom is -0.461 e. The number of ether oxygens (including phenoxy) is 1. The van der Waals surface area contributed by atoms with Crippen molar-refractivity contribution in [1.29, 1.82) is 5.26 Å². The zero-order valence-electron chi connectivity index (χ0n) is 11.2. The van der Waals surface area contributed by atoms with Crippen molar-refractivity contribution in [2.75, 3.05) is 12.0 Å². The van der Waals surface area contributed by atoms with E-state index in [1.165, 1.54) is 6.07 Å². The van der Waals surface area contributed by atoms with E-state index in [9.17, 15) is 4.79 Å². The number of carbonyl (C=O) groups excluding carboxylic acids is 1. The van der Waals surface area contributed by atoms with Gasteiger partial charge in [0.1, 0.15) is 17.5 Å². The summed E-state index contributed by atoms with van der Waals surface area (Å²) in [5, 5.41) is 19.3. The summed E-state index contributed by atoms with van der Waals surface area (Å²) in [6.07, 6.45) is 1.57. The number of nitriles is 1. The van der Waals surface area contributed by atoms with Gasteiger partial charge in [0.2, 0.25) is 0 Å². The summed E-state index contributed by atoms with van der Waals surface area (Å²) in [5.74, 6) is -0.214. The zero-order chi connectivity index (χ0) is 15.1. The second-order valence-corrected chi connectivity index (χ2v) is 3.79. The van der Waals surface area contributed by atoms with E-state index in [1.807, 2.05) is 6.07 Å². The fraction of sp³-hybridized carbons (Fsp3) is 0.154. The number of hydrazone groups is 1. The van der Waals surface area contributed by atoms with Gasteiger partial charge in [-0.15, -0.1) is 0 Å². The smallest absolute Gasteiger partial charge is 0.356 e. The highest BCUT2D eigenvalue weighted by atomic mass is 16.5. The fourth-order valence-electron chi connectivity index (χ4n) is 1.45. The number of aromatic amines is 1. The normalized spacial score (nSPS) is 10.8. The lowest BCUT2D eigenvalue weighted by Crippen LogP contribution is -2.04. The maximum Gasteiger partial charge on any atom is 0.356 e. The molecule has 0 spiro atoms. The molecule has 106 valence electrons. The molecule has 0 saturated carbocycles. The number of H-pyrrole nitrogens is 1. The number of esters is 1. The second-order valence-electron chi connectivity index (χ2n) is 3.79. The maximum atomic E-state index is 11.5. The van der Waals surface area contributed by atoms with E-state index in [-0.39, 0.29) is 18.0 Å². The van der Waals surface area contributed by atoms with Crippen molar-refractivity contribution in [3.05, 3.63) is 41.9 Å². The largest absolute Gasteiger partial charge is 0.461 e. The molecule has 0 radical (unpaired) electrons. The Morgan fingerprint density at radius 1 is 1.57 bits per heavy atom. The highest BCUT2D eigenvalue weighted by Crippen LogP contribution is 2.07. The first kappa shape index (κ1) is 14.2. The summed E-state index contributed by atoms with van der Waals surface area (Å²) >= 11 is 0. The molecule has 0 amide bonds. The molecule has 0 saturated heterocycles. The Balaban J connectivity index is 2.10. The van der Waals surface area contributed by atoms with Gasteiger partial charge in [-0.2, -0.15) is 15.5 Å². The van der Waals surface area contributed by atoms with Crippen molar-refractivity contribution >= 4 is 17.5 Å². The van der Waals surface area contributed by atoms with Crippen LogP contribution < -0.4 is 5.43 Å². The first-order valence-corrected chi connectivity index (χ1v) is 6.12. The molecule has 0 aliphatic carbocycles. The molecule has 21 heavy (non-hydrogen) atoms. The van der Waals surface area contributed by atoms with Crippen molar-refractivity contribution in [3.8, 4) is 6.07 Å². The topological polar surface area (TPSA) is 116 Å². The van der Waals surface area contributed by atoms with Crippen LogP contribution in [0.3, 0.4) is 0 Å². The first-order valence-electron chi connectivity index (χ1n) is 6.12. The Kier molecular flexibility index (Phi) is 4.61. The Morgan fingerprint density at radius 3 is 3.10 bits per heavy atom. The Bertz CT molecular complexity index is 686. The third-order valence-electron chi connectivity index (χ3n) is 2.37. The van der Waals surface area contributed by atoms with Crippen molar-refractivity contribution in [3.63, 3.8) is 0 Å². The van der Waals surface area contributed by atoms with Crippen LogP contribution in [0.5, 0.6) is 0 Å². The van der Waals surface area contributed by atoms with Crippen LogP contribution >= 0.6 is 0 Å². The maximum absolute atomic E-state index is 11.5. The Labute approximate surface area is 120 Å². The molecule has 8 nitrogen and oxygen atoms in total. The summed E-state index contributed by atoms with van der Waals surface area (Å²) < 4.78 is 4.82.